The van der Waals surface area contributed by atoms with Crippen LogP contribution < -0.4 is 9.62 Å². The molecule has 0 spiro atoms. The fourth-order valence-corrected chi connectivity index (χ4v) is 9.11. The van der Waals surface area contributed by atoms with Crippen LogP contribution in [0, 0.1) is 23.5 Å². The molecule has 2 aliphatic rings. The standard InChI is InChI=1S/C43H39ClF10N8O3S2/c1-40(2,66-3)13-11-26-7-8-27(28-9-10-30(44)33-35(28)61(22-42(49,50)51)58-38(33)62(67(4)65)39(64)59-15-5-6-16-59)34(55-26)31(19-23-17-24(45)20-25(46)18-23)56-32(63)21-60-37-29(12-14-41(37,47)48)36(57-60)43(52,53)54/h7-10,17-18,20,31H,5-6,12,14-16,19,21-22H2,1-4H3,(H,56,63). The number of carbonyl (C=O) groups excluding carboxylic acids is 2. The highest BCUT2D eigenvalue weighted by molar-refractivity contribution is 8.00. The van der Waals surface area contributed by atoms with Gasteiger partial charge < -0.3 is 10.2 Å². The number of thioether (sulfide) groups is 1. The summed E-state index contributed by atoms with van der Waals surface area (Å²) < 4.78 is 159. The molecule has 1 fully saturated rings. The molecule has 2 unspecified atom stereocenters. The molecule has 11 nitrogen and oxygen atoms in total. The Morgan fingerprint density at radius 1 is 0.985 bits per heavy atom. The Labute approximate surface area is 388 Å². The molecule has 0 radical (unpaired) electrons. The summed E-state index contributed by atoms with van der Waals surface area (Å²) in [6.45, 7) is 1.15. The number of urea groups is 1. The van der Waals surface area contributed by atoms with Gasteiger partial charge in [-0.25, -0.2) is 22.8 Å². The third kappa shape index (κ3) is 10.7. The Morgan fingerprint density at radius 3 is 2.25 bits per heavy atom. The quantitative estimate of drug-likeness (QED) is 0.103. The molecule has 358 valence electrons. The summed E-state index contributed by atoms with van der Waals surface area (Å²) in [6.07, 6.45) is -8.18. The average Bonchev–Trinajstić information content (AvgIpc) is 4.02. The summed E-state index contributed by atoms with van der Waals surface area (Å²) in [6, 6.07) is 5.30. The van der Waals surface area contributed by atoms with Crippen LogP contribution in [0.2, 0.25) is 5.02 Å². The zero-order valence-electron chi connectivity index (χ0n) is 35.8. The van der Waals surface area contributed by atoms with Gasteiger partial charge in [-0.3, -0.25) is 14.2 Å². The average molecular weight is 1010 g/mol. The highest BCUT2D eigenvalue weighted by atomic mass is 35.5. The van der Waals surface area contributed by atoms with E-state index in [-0.39, 0.29) is 61.8 Å². The second-order valence-corrected chi connectivity index (χ2v) is 19.4. The zero-order chi connectivity index (χ0) is 49.0. The number of rotatable bonds is 11. The smallest absolute Gasteiger partial charge is 0.346 e. The van der Waals surface area contributed by atoms with Crippen LogP contribution in [0.5, 0.6) is 0 Å². The van der Waals surface area contributed by atoms with E-state index in [1.54, 1.807) is 20.1 Å². The van der Waals surface area contributed by atoms with Crippen molar-refractivity contribution in [2.45, 2.75) is 88.1 Å². The number of fused-ring (bicyclic) bond motifs is 2. The van der Waals surface area contributed by atoms with Gasteiger partial charge in [-0.1, -0.05) is 23.6 Å². The van der Waals surface area contributed by atoms with E-state index in [9.17, 15) is 48.9 Å². The molecule has 5 aromatic rings. The number of hydrogen-bond acceptors (Lipinski definition) is 7. The van der Waals surface area contributed by atoms with Crippen molar-refractivity contribution in [3.63, 3.8) is 0 Å². The third-order valence-corrected chi connectivity index (χ3v) is 13.3. The molecule has 4 heterocycles. The van der Waals surface area contributed by atoms with Gasteiger partial charge >= 0.3 is 18.4 Å². The molecule has 3 amide bonds. The van der Waals surface area contributed by atoms with Crippen LogP contribution in [0.1, 0.15) is 73.1 Å². The topological polar surface area (TPSA) is 118 Å². The van der Waals surface area contributed by atoms with E-state index in [2.05, 4.69) is 27.4 Å². The second kappa shape index (κ2) is 18.6. The summed E-state index contributed by atoms with van der Waals surface area (Å²) in [5, 5.41) is 9.62. The number of nitrogens with one attached hydrogen (secondary N) is 1. The summed E-state index contributed by atoms with van der Waals surface area (Å²) >= 11 is 8.12. The van der Waals surface area contributed by atoms with Crippen molar-refractivity contribution in [1.29, 1.82) is 0 Å². The summed E-state index contributed by atoms with van der Waals surface area (Å²) in [4.78, 5) is 34.0. The number of amides is 3. The molecule has 2 atom stereocenters. The van der Waals surface area contributed by atoms with E-state index >= 15 is 8.78 Å². The molecule has 0 saturated carbocycles. The first-order valence-electron chi connectivity index (χ1n) is 20.3. The number of anilines is 1. The monoisotopic (exact) mass is 1000 g/mol. The van der Waals surface area contributed by atoms with E-state index in [0.717, 1.165) is 22.7 Å². The first kappa shape index (κ1) is 49.6. The van der Waals surface area contributed by atoms with E-state index < -0.39 is 119 Å². The van der Waals surface area contributed by atoms with Gasteiger partial charge in [-0.15, -0.1) is 11.8 Å². The van der Waals surface area contributed by atoms with Crippen LogP contribution in [0.15, 0.2) is 42.5 Å². The van der Waals surface area contributed by atoms with Gasteiger partial charge in [0.05, 0.1) is 32.4 Å². The van der Waals surface area contributed by atoms with Crippen LogP contribution in [0.4, 0.5) is 54.5 Å². The Bertz CT molecular complexity index is 2830. The predicted octanol–water partition coefficient (Wildman–Crippen LogP) is 9.75. The molecule has 3 aromatic heterocycles. The lowest BCUT2D eigenvalue weighted by Crippen LogP contribution is -2.43. The number of nitrogens with zero attached hydrogens (tertiary/aromatic N) is 7. The van der Waals surface area contributed by atoms with Crippen molar-refractivity contribution in [3.8, 4) is 23.0 Å². The number of likely N-dealkylation sites (tertiary alicyclic amines) is 1. The normalized spacial score (nSPS) is 15.9. The molecule has 24 heteroatoms. The Morgan fingerprint density at radius 2 is 1.64 bits per heavy atom. The molecular weight excluding hydrogens is 966 g/mol. The molecule has 1 N–H and O–H groups in total. The molecule has 0 bridgehead atoms. The molecular formula is C43H39ClF10N8O3S2. The van der Waals surface area contributed by atoms with Crippen LogP contribution in [0.3, 0.4) is 0 Å². The maximum Gasteiger partial charge on any atom is 0.435 e. The Hall–Kier alpha value is -5.34. The number of halogens is 11. The van der Waals surface area contributed by atoms with Crippen LogP contribution in [-0.4, -0.2) is 82.1 Å². The van der Waals surface area contributed by atoms with E-state index in [0.29, 0.717) is 23.6 Å². The van der Waals surface area contributed by atoms with Gasteiger partial charge in [0.15, 0.2) is 11.5 Å². The van der Waals surface area contributed by atoms with Crippen molar-refractivity contribution in [2.24, 2.45) is 0 Å². The SMILES string of the molecule is CSC(C)(C)C#Cc1ccc(-c2ccc(Cl)c3c(N(C(=O)N4CCCC4)S(C)=O)nn(CC(F)(F)F)c23)c(C(Cc2cc(F)cc(F)c2)NC(=O)Cn2nc(C(F)(F)F)c3c2C(F)(F)CC3)n1. The van der Waals surface area contributed by atoms with Crippen LogP contribution >= 0.6 is 23.4 Å². The summed E-state index contributed by atoms with van der Waals surface area (Å²) in [7, 11) is -2.22. The lowest BCUT2D eigenvalue weighted by atomic mass is 9.93. The molecule has 1 aliphatic carbocycles. The molecule has 7 rings (SSSR count). The number of benzene rings is 2. The number of pyridine rings is 1. The van der Waals surface area contributed by atoms with Gasteiger partial charge in [-0.2, -0.15) is 49.6 Å². The number of carbonyl (C=O) groups is 2. The van der Waals surface area contributed by atoms with Crippen molar-refractivity contribution < 1.29 is 57.7 Å². The fourth-order valence-electron chi connectivity index (χ4n) is 8.01. The number of aromatic nitrogens is 5. The van der Waals surface area contributed by atoms with E-state index in [1.165, 1.54) is 40.9 Å². The van der Waals surface area contributed by atoms with E-state index in [4.69, 9.17) is 16.6 Å². The molecule has 1 aliphatic heterocycles. The molecule has 2 aromatic carbocycles. The Balaban J connectivity index is 1.46. The van der Waals surface area contributed by atoms with Crippen LogP contribution in [0.25, 0.3) is 22.0 Å². The van der Waals surface area contributed by atoms with Gasteiger partial charge in [0.1, 0.15) is 47.1 Å². The second-order valence-electron chi connectivity index (χ2n) is 16.3. The minimum atomic E-state index is -5.16. The van der Waals surface area contributed by atoms with Gasteiger partial charge in [0, 0.05) is 48.5 Å². The molecule has 1 saturated heterocycles. The third-order valence-electron chi connectivity index (χ3n) is 11.0. The maximum absolute atomic E-state index is 15.1. The van der Waals surface area contributed by atoms with Crippen LogP contribution in [-0.2, 0) is 53.8 Å². The lowest BCUT2D eigenvalue weighted by molar-refractivity contribution is -0.142. The first-order valence-corrected chi connectivity index (χ1v) is 23.5. The Kier molecular flexibility index (Phi) is 13.8. The van der Waals surface area contributed by atoms with Crippen molar-refractivity contribution >= 4 is 63.0 Å². The number of alkyl halides is 8. The fraction of sp³-hybridized carbons (Fsp3) is 0.419. The summed E-state index contributed by atoms with van der Waals surface area (Å²) in [5.41, 5.74) is -4.38. The maximum atomic E-state index is 15.1. The minimum Gasteiger partial charge on any atom is -0.346 e. The highest BCUT2D eigenvalue weighted by Gasteiger charge is 2.50. The molecule has 67 heavy (non-hydrogen) atoms. The largest absolute Gasteiger partial charge is 0.435 e. The zero-order valence-corrected chi connectivity index (χ0v) is 38.2. The lowest BCUT2D eigenvalue weighted by Gasteiger charge is -2.24. The highest BCUT2D eigenvalue weighted by Crippen LogP contribution is 2.47. The van der Waals surface area contributed by atoms with Crippen molar-refractivity contribution in [3.05, 3.63) is 93.0 Å². The summed E-state index contributed by atoms with van der Waals surface area (Å²) in [5.74, 6) is -1.66. The van der Waals surface area contributed by atoms with Gasteiger partial charge in [0.25, 0.3) is 5.92 Å². The van der Waals surface area contributed by atoms with Crippen molar-refractivity contribution in [1.82, 2.24) is 34.8 Å². The predicted molar refractivity (Wildman–Crippen MR) is 232 cm³/mol. The van der Waals surface area contributed by atoms with Gasteiger partial charge in [0.2, 0.25) is 5.91 Å². The first-order chi connectivity index (χ1) is 31.3. The van der Waals surface area contributed by atoms with E-state index in [1.807, 2.05) is 0 Å². The van der Waals surface area contributed by atoms with Gasteiger partial charge in [-0.05, 0) is 87.6 Å². The van der Waals surface area contributed by atoms with Crippen molar-refractivity contribution in [2.75, 3.05) is 29.9 Å². The number of hydrogen-bond donors (Lipinski definition) is 1. The minimum absolute atomic E-state index is 0.0170.